The summed E-state index contributed by atoms with van der Waals surface area (Å²) in [6.07, 6.45) is -2.64. The van der Waals surface area contributed by atoms with Gasteiger partial charge in [0.15, 0.2) is 5.78 Å². The van der Waals surface area contributed by atoms with Crippen LogP contribution in [0.25, 0.3) is 5.69 Å². The van der Waals surface area contributed by atoms with E-state index in [4.69, 9.17) is 0 Å². The molecule has 0 saturated heterocycles. The van der Waals surface area contributed by atoms with Crippen molar-refractivity contribution in [1.82, 2.24) is 4.57 Å². The number of benzene rings is 1. The number of alkyl halides is 3. The van der Waals surface area contributed by atoms with Gasteiger partial charge in [-0.2, -0.15) is 13.2 Å². The van der Waals surface area contributed by atoms with Crippen molar-refractivity contribution in [1.29, 1.82) is 0 Å². The van der Waals surface area contributed by atoms with Gasteiger partial charge in [-0.25, -0.2) is 0 Å². The van der Waals surface area contributed by atoms with Crippen molar-refractivity contribution in [2.45, 2.75) is 32.4 Å². The topological polar surface area (TPSA) is 22.0 Å². The summed E-state index contributed by atoms with van der Waals surface area (Å²) in [6, 6.07) is 7.19. The number of halogens is 3. The summed E-state index contributed by atoms with van der Waals surface area (Å²) >= 11 is 0. The summed E-state index contributed by atoms with van der Waals surface area (Å²) in [4.78, 5) is 11.9. The maximum absolute atomic E-state index is 13.2. The molecule has 0 saturated carbocycles. The Kier molecular flexibility index (Phi) is 3.15. The van der Waals surface area contributed by atoms with Gasteiger partial charge in [-0.3, -0.25) is 4.79 Å². The molecule has 0 bridgehead atoms. The molecule has 0 aliphatic heterocycles. The molecule has 3 rings (SSSR count). The van der Waals surface area contributed by atoms with Gasteiger partial charge in [-0.15, -0.1) is 0 Å². The lowest BCUT2D eigenvalue weighted by Crippen LogP contribution is -2.16. The Balaban J connectivity index is 2.26. The number of Topliss-reactive ketones (excluding diaryl/α,β-unsaturated/α-hetero) is 1. The molecule has 1 heterocycles. The molecule has 1 aliphatic rings. The smallest absolute Gasteiger partial charge is 0.317 e. The number of rotatable bonds is 1. The molecule has 0 radical (unpaired) electrons. The van der Waals surface area contributed by atoms with Crippen LogP contribution in [0, 0.1) is 6.92 Å². The summed E-state index contributed by atoms with van der Waals surface area (Å²) in [7, 11) is 0. The van der Waals surface area contributed by atoms with Gasteiger partial charge in [0, 0.05) is 23.4 Å². The zero-order valence-electron chi connectivity index (χ0n) is 11.5. The van der Waals surface area contributed by atoms with Crippen molar-refractivity contribution in [3.8, 4) is 5.69 Å². The number of para-hydroxylation sites is 1. The molecule has 0 atom stereocenters. The highest BCUT2D eigenvalue weighted by Crippen LogP contribution is 2.36. The molecule has 2 nitrogen and oxygen atoms in total. The molecule has 1 aliphatic carbocycles. The normalized spacial score (nSPS) is 15.1. The van der Waals surface area contributed by atoms with Crippen LogP contribution in [0.2, 0.25) is 0 Å². The fraction of sp³-hybridized carbons (Fsp3) is 0.312. The number of aromatic nitrogens is 1. The molecule has 2 aromatic rings. The number of carbonyl (C=O) groups excluding carboxylic acids is 1. The van der Waals surface area contributed by atoms with Crippen molar-refractivity contribution in [3.05, 3.63) is 52.8 Å². The molecule has 0 fully saturated rings. The molecule has 0 unspecified atom stereocenters. The van der Waals surface area contributed by atoms with Crippen LogP contribution in [-0.4, -0.2) is 10.4 Å². The maximum Gasteiger partial charge on any atom is 0.418 e. The van der Waals surface area contributed by atoms with Crippen molar-refractivity contribution in [2.24, 2.45) is 0 Å². The zero-order valence-corrected chi connectivity index (χ0v) is 11.5. The maximum atomic E-state index is 13.2. The Morgan fingerprint density at radius 2 is 1.86 bits per heavy atom. The lowest BCUT2D eigenvalue weighted by atomic mass is 9.96. The van der Waals surface area contributed by atoms with E-state index in [1.807, 2.05) is 0 Å². The Morgan fingerprint density at radius 1 is 1.14 bits per heavy atom. The minimum absolute atomic E-state index is 0.0163. The van der Waals surface area contributed by atoms with Crippen LogP contribution in [0.5, 0.6) is 0 Å². The first-order valence-corrected chi connectivity index (χ1v) is 6.80. The number of fused-ring (bicyclic) bond motifs is 1. The van der Waals surface area contributed by atoms with Crippen LogP contribution in [0.4, 0.5) is 13.2 Å². The molecule has 110 valence electrons. The van der Waals surface area contributed by atoms with E-state index in [0.29, 0.717) is 36.2 Å². The largest absolute Gasteiger partial charge is 0.418 e. The molecule has 0 spiro atoms. The predicted octanol–water partition coefficient (Wildman–Crippen LogP) is 4.32. The second-order valence-corrected chi connectivity index (χ2v) is 5.27. The minimum atomic E-state index is -4.42. The van der Waals surface area contributed by atoms with E-state index in [1.165, 1.54) is 12.1 Å². The van der Waals surface area contributed by atoms with E-state index in [0.717, 1.165) is 6.07 Å². The van der Waals surface area contributed by atoms with Gasteiger partial charge < -0.3 is 4.57 Å². The summed E-state index contributed by atoms with van der Waals surface area (Å²) in [6.45, 7) is 1.73. The second-order valence-electron chi connectivity index (χ2n) is 5.27. The third-order valence-electron chi connectivity index (χ3n) is 3.85. The number of nitrogens with zero attached hydrogens (tertiary/aromatic N) is 1. The highest BCUT2D eigenvalue weighted by Gasteiger charge is 2.35. The van der Waals surface area contributed by atoms with Crippen LogP contribution < -0.4 is 0 Å². The second kappa shape index (κ2) is 4.76. The third-order valence-corrected chi connectivity index (χ3v) is 3.85. The van der Waals surface area contributed by atoms with E-state index in [-0.39, 0.29) is 11.5 Å². The van der Waals surface area contributed by atoms with Gasteiger partial charge in [-0.1, -0.05) is 12.1 Å². The fourth-order valence-corrected chi connectivity index (χ4v) is 2.97. The Hall–Kier alpha value is -2.04. The molecule has 1 aromatic heterocycles. The molecular weight excluding hydrogens is 279 g/mol. The van der Waals surface area contributed by atoms with Crippen LogP contribution in [0.15, 0.2) is 30.3 Å². The van der Waals surface area contributed by atoms with Crippen molar-refractivity contribution in [3.63, 3.8) is 0 Å². The molecule has 0 amide bonds. The molecule has 21 heavy (non-hydrogen) atoms. The van der Waals surface area contributed by atoms with Gasteiger partial charge in [0.1, 0.15) is 0 Å². The molecule has 5 heteroatoms. The summed E-state index contributed by atoms with van der Waals surface area (Å²) in [5.41, 5.74) is 1.34. The average Bonchev–Trinajstić information content (AvgIpc) is 2.75. The number of aryl methyl sites for hydroxylation is 1. The van der Waals surface area contributed by atoms with E-state index in [2.05, 4.69) is 0 Å². The number of ketones is 1. The summed E-state index contributed by atoms with van der Waals surface area (Å²) < 4.78 is 41.2. The first-order valence-electron chi connectivity index (χ1n) is 6.80. The summed E-state index contributed by atoms with van der Waals surface area (Å²) in [5.74, 6) is 0.0163. The Labute approximate surface area is 120 Å². The standard InChI is InChI=1S/C16H14F3NO/c1-10-9-11-13(7-4-8-15(11)21)20(10)14-6-3-2-5-12(14)16(17,18)19/h2-3,5-6,9H,4,7-8H2,1H3. The lowest BCUT2D eigenvalue weighted by molar-refractivity contribution is -0.137. The van der Waals surface area contributed by atoms with Gasteiger partial charge in [0.25, 0.3) is 0 Å². The SMILES string of the molecule is Cc1cc2c(n1-c1ccccc1C(F)(F)F)CCCC2=O. The van der Waals surface area contributed by atoms with E-state index < -0.39 is 11.7 Å². The van der Waals surface area contributed by atoms with Gasteiger partial charge in [0.05, 0.1) is 11.3 Å². The first kappa shape index (κ1) is 13.9. The number of hydrogen-bond donors (Lipinski definition) is 0. The highest BCUT2D eigenvalue weighted by molar-refractivity contribution is 5.98. The minimum Gasteiger partial charge on any atom is -0.317 e. The van der Waals surface area contributed by atoms with Crippen LogP contribution >= 0.6 is 0 Å². The fourth-order valence-electron chi connectivity index (χ4n) is 2.97. The van der Waals surface area contributed by atoms with E-state index in [9.17, 15) is 18.0 Å². The van der Waals surface area contributed by atoms with E-state index in [1.54, 1.807) is 23.6 Å². The van der Waals surface area contributed by atoms with Crippen LogP contribution in [0.3, 0.4) is 0 Å². The van der Waals surface area contributed by atoms with Crippen molar-refractivity contribution in [2.75, 3.05) is 0 Å². The van der Waals surface area contributed by atoms with E-state index >= 15 is 0 Å². The molecule has 0 N–H and O–H groups in total. The number of carbonyl (C=O) groups is 1. The van der Waals surface area contributed by atoms with Crippen molar-refractivity contribution >= 4 is 5.78 Å². The molecular formula is C16H14F3NO. The Morgan fingerprint density at radius 3 is 2.57 bits per heavy atom. The predicted molar refractivity (Wildman–Crippen MR) is 72.8 cm³/mol. The quantitative estimate of drug-likeness (QED) is 0.767. The first-order chi connectivity index (χ1) is 9.89. The van der Waals surface area contributed by atoms with Crippen LogP contribution in [-0.2, 0) is 12.6 Å². The van der Waals surface area contributed by atoms with Gasteiger partial charge in [-0.05, 0) is 38.0 Å². The number of hydrogen-bond acceptors (Lipinski definition) is 1. The highest BCUT2D eigenvalue weighted by atomic mass is 19.4. The van der Waals surface area contributed by atoms with Gasteiger partial charge in [0.2, 0.25) is 0 Å². The monoisotopic (exact) mass is 293 g/mol. The summed E-state index contributed by atoms with van der Waals surface area (Å²) in [5, 5.41) is 0. The third kappa shape index (κ3) is 2.26. The zero-order chi connectivity index (χ0) is 15.2. The molecule has 1 aromatic carbocycles. The van der Waals surface area contributed by atoms with Crippen LogP contribution in [0.1, 0.15) is 40.2 Å². The van der Waals surface area contributed by atoms with Crippen molar-refractivity contribution < 1.29 is 18.0 Å². The average molecular weight is 293 g/mol. The Bertz CT molecular complexity index is 713. The van der Waals surface area contributed by atoms with Gasteiger partial charge >= 0.3 is 6.18 Å². The lowest BCUT2D eigenvalue weighted by Gasteiger charge is -2.19.